The van der Waals surface area contributed by atoms with E-state index in [1.165, 1.54) is 6.26 Å². The smallest absolute Gasteiger partial charge is 0.191 e. The van der Waals surface area contributed by atoms with Gasteiger partial charge in [-0.15, -0.1) is 24.0 Å². The van der Waals surface area contributed by atoms with E-state index < -0.39 is 9.84 Å². The molecular weight excluding hydrogens is 457 g/mol. The van der Waals surface area contributed by atoms with Crippen LogP contribution in [0, 0.1) is 0 Å². The number of hydrogen-bond donors (Lipinski definition) is 2. The van der Waals surface area contributed by atoms with Crippen LogP contribution >= 0.6 is 24.0 Å². The van der Waals surface area contributed by atoms with Gasteiger partial charge in [0.05, 0.1) is 18.5 Å². The fraction of sp³-hybridized carbons (Fsp3) is 0.938. The maximum Gasteiger partial charge on any atom is 0.191 e. The highest BCUT2D eigenvalue weighted by Gasteiger charge is 2.15. The zero-order valence-corrected chi connectivity index (χ0v) is 18.8. The van der Waals surface area contributed by atoms with Gasteiger partial charge in [-0.2, -0.15) is 0 Å². The van der Waals surface area contributed by atoms with Gasteiger partial charge in [0.25, 0.3) is 0 Å². The molecule has 1 aliphatic rings. The topological polar surface area (TPSA) is 89.0 Å². The molecule has 0 saturated carbocycles. The first-order chi connectivity index (χ1) is 11.4. The molecule has 150 valence electrons. The van der Waals surface area contributed by atoms with E-state index >= 15 is 0 Å². The molecule has 0 spiro atoms. The fourth-order valence-corrected chi connectivity index (χ4v) is 3.15. The Balaban J connectivity index is 0.00000576. The number of aliphatic imine (C=N–C) groups is 1. The van der Waals surface area contributed by atoms with Crippen molar-refractivity contribution in [1.82, 2.24) is 10.6 Å². The van der Waals surface area contributed by atoms with Crippen LogP contribution < -0.4 is 10.6 Å². The molecular formula is C16H34IN3O4S. The Bertz CT molecular complexity index is 468. The van der Waals surface area contributed by atoms with Crippen molar-refractivity contribution in [3.63, 3.8) is 0 Å². The van der Waals surface area contributed by atoms with Crippen LogP contribution in [0.3, 0.4) is 0 Å². The first-order valence-corrected chi connectivity index (χ1v) is 10.9. The van der Waals surface area contributed by atoms with Crippen molar-refractivity contribution in [2.75, 3.05) is 44.9 Å². The van der Waals surface area contributed by atoms with Crippen LogP contribution in [0.4, 0.5) is 0 Å². The van der Waals surface area contributed by atoms with Gasteiger partial charge in [-0.25, -0.2) is 8.42 Å². The molecule has 0 radical (unpaired) electrons. The summed E-state index contributed by atoms with van der Waals surface area (Å²) in [5.41, 5.74) is 0. The minimum absolute atomic E-state index is 0. The van der Waals surface area contributed by atoms with E-state index in [9.17, 15) is 8.42 Å². The zero-order valence-electron chi connectivity index (χ0n) is 15.6. The molecule has 1 aliphatic heterocycles. The number of rotatable bonds is 11. The van der Waals surface area contributed by atoms with Crippen molar-refractivity contribution in [3.8, 4) is 0 Å². The molecule has 1 fully saturated rings. The van der Waals surface area contributed by atoms with Crippen LogP contribution in [0.15, 0.2) is 4.99 Å². The number of guanidine groups is 1. The zero-order chi connectivity index (χ0) is 17.8. The van der Waals surface area contributed by atoms with Gasteiger partial charge in [0.15, 0.2) is 5.96 Å². The molecule has 2 unspecified atom stereocenters. The molecule has 0 amide bonds. The van der Waals surface area contributed by atoms with Crippen LogP contribution in [0.1, 0.15) is 39.5 Å². The van der Waals surface area contributed by atoms with Gasteiger partial charge < -0.3 is 20.1 Å². The molecule has 1 rings (SSSR count). The van der Waals surface area contributed by atoms with Crippen molar-refractivity contribution < 1.29 is 17.9 Å². The van der Waals surface area contributed by atoms with E-state index in [4.69, 9.17) is 9.47 Å². The summed E-state index contributed by atoms with van der Waals surface area (Å²) >= 11 is 0. The number of nitrogens with zero attached hydrogens (tertiary/aromatic N) is 1. The van der Waals surface area contributed by atoms with Crippen molar-refractivity contribution in [3.05, 3.63) is 0 Å². The number of sulfone groups is 1. The number of hydrogen-bond acceptors (Lipinski definition) is 5. The Labute approximate surface area is 169 Å². The Morgan fingerprint density at radius 2 is 2.20 bits per heavy atom. The quantitative estimate of drug-likeness (QED) is 0.198. The van der Waals surface area contributed by atoms with Crippen molar-refractivity contribution in [2.45, 2.75) is 51.7 Å². The molecule has 1 heterocycles. The monoisotopic (exact) mass is 491 g/mol. The minimum Gasteiger partial charge on any atom is -0.379 e. The highest BCUT2D eigenvalue weighted by Crippen LogP contribution is 2.11. The van der Waals surface area contributed by atoms with Gasteiger partial charge in [-0.1, -0.05) is 0 Å². The molecule has 0 bridgehead atoms. The summed E-state index contributed by atoms with van der Waals surface area (Å²) < 4.78 is 33.6. The molecule has 9 heteroatoms. The van der Waals surface area contributed by atoms with Gasteiger partial charge in [-0.3, -0.25) is 4.99 Å². The van der Waals surface area contributed by atoms with Crippen LogP contribution in [0.25, 0.3) is 0 Å². The summed E-state index contributed by atoms with van der Waals surface area (Å²) in [4.78, 5) is 4.50. The van der Waals surface area contributed by atoms with Crippen molar-refractivity contribution in [1.29, 1.82) is 0 Å². The summed E-state index contributed by atoms with van der Waals surface area (Å²) in [5.74, 6) is 0.898. The Morgan fingerprint density at radius 1 is 1.44 bits per heavy atom. The average molecular weight is 491 g/mol. The SMILES string of the molecule is CCNC(=NCCCOCC1CCCO1)NC(C)CCS(C)(=O)=O.I. The van der Waals surface area contributed by atoms with E-state index in [0.717, 1.165) is 38.4 Å². The van der Waals surface area contributed by atoms with Gasteiger partial charge in [0, 0.05) is 38.6 Å². The largest absolute Gasteiger partial charge is 0.379 e. The van der Waals surface area contributed by atoms with E-state index in [2.05, 4.69) is 15.6 Å². The van der Waals surface area contributed by atoms with Crippen LogP contribution in [0.5, 0.6) is 0 Å². The molecule has 7 nitrogen and oxygen atoms in total. The molecule has 25 heavy (non-hydrogen) atoms. The summed E-state index contributed by atoms with van der Waals surface area (Å²) in [7, 11) is -2.93. The highest BCUT2D eigenvalue weighted by molar-refractivity contribution is 14.0. The van der Waals surface area contributed by atoms with Gasteiger partial charge in [0.1, 0.15) is 9.84 Å². The summed E-state index contributed by atoms with van der Waals surface area (Å²) in [6, 6.07) is 0.0493. The van der Waals surface area contributed by atoms with Crippen LogP contribution in [-0.4, -0.2) is 71.4 Å². The highest BCUT2D eigenvalue weighted by atomic mass is 127. The standard InChI is InChI=1S/C16H33N3O4S.HI/c1-4-17-16(19-14(2)8-12-24(3,20)21)18-9-6-10-22-13-15-7-5-11-23-15;/h14-15H,4-13H2,1-3H3,(H2,17,18,19);1H. The lowest BCUT2D eigenvalue weighted by Gasteiger charge is -2.17. The first kappa shape index (κ1) is 24.9. The van der Waals surface area contributed by atoms with Crippen molar-refractivity contribution in [2.24, 2.45) is 4.99 Å². The second-order valence-corrected chi connectivity index (χ2v) is 8.55. The molecule has 0 aromatic heterocycles. The lowest BCUT2D eigenvalue weighted by Crippen LogP contribution is -2.43. The molecule has 0 aromatic carbocycles. The number of nitrogens with one attached hydrogen (secondary N) is 2. The van der Waals surface area contributed by atoms with Crippen LogP contribution in [-0.2, 0) is 19.3 Å². The number of ether oxygens (including phenoxy) is 2. The third-order valence-electron chi connectivity index (χ3n) is 3.69. The second kappa shape index (κ2) is 14.0. The van der Waals surface area contributed by atoms with Crippen LogP contribution in [0.2, 0.25) is 0 Å². The lowest BCUT2D eigenvalue weighted by molar-refractivity contribution is 0.0171. The van der Waals surface area contributed by atoms with E-state index in [0.29, 0.717) is 26.2 Å². The second-order valence-electron chi connectivity index (χ2n) is 6.29. The molecule has 1 saturated heterocycles. The Hall–Kier alpha value is -0.130. The molecule has 0 aromatic rings. The van der Waals surface area contributed by atoms with E-state index in [1.807, 2.05) is 13.8 Å². The van der Waals surface area contributed by atoms with E-state index in [1.54, 1.807) is 0 Å². The van der Waals surface area contributed by atoms with Gasteiger partial charge in [0.2, 0.25) is 0 Å². The molecule has 2 atom stereocenters. The van der Waals surface area contributed by atoms with E-state index in [-0.39, 0.29) is 41.9 Å². The Kier molecular flexibility index (Phi) is 13.9. The summed E-state index contributed by atoms with van der Waals surface area (Å²) in [5, 5.41) is 6.41. The summed E-state index contributed by atoms with van der Waals surface area (Å²) in [6.45, 7) is 7.59. The minimum atomic E-state index is -2.93. The molecule has 0 aliphatic carbocycles. The van der Waals surface area contributed by atoms with Gasteiger partial charge in [-0.05, 0) is 39.5 Å². The first-order valence-electron chi connectivity index (χ1n) is 8.82. The third kappa shape index (κ3) is 13.7. The third-order valence-corrected chi connectivity index (χ3v) is 4.67. The molecule has 2 N–H and O–H groups in total. The lowest BCUT2D eigenvalue weighted by atomic mass is 10.2. The van der Waals surface area contributed by atoms with Gasteiger partial charge >= 0.3 is 0 Å². The maximum atomic E-state index is 11.2. The normalized spacial score (nSPS) is 19.3. The predicted octanol–water partition coefficient (Wildman–Crippen LogP) is 1.57. The Morgan fingerprint density at radius 3 is 2.80 bits per heavy atom. The average Bonchev–Trinajstić information content (AvgIpc) is 3.01. The van der Waals surface area contributed by atoms with Crippen molar-refractivity contribution >= 4 is 39.8 Å². The fourth-order valence-electron chi connectivity index (χ4n) is 2.36. The predicted molar refractivity (Wildman–Crippen MR) is 113 cm³/mol. The number of halogens is 1. The maximum absolute atomic E-state index is 11.2. The summed E-state index contributed by atoms with van der Waals surface area (Å²) in [6.07, 6.45) is 5.17.